The van der Waals surface area contributed by atoms with Crippen LogP contribution in [0.15, 0.2) is 24.3 Å². The lowest BCUT2D eigenvalue weighted by Crippen LogP contribution is -2.19. The van der Waals surface area contributed by atoms with Crippen molar-refractivity contribution >= 4 is 0 Å². The zero-order valence-corrected chi connectivity index (χ0v) is 11.3. The van der Waals surface area contributed by atoms with Crippen LogP contribution in [0.2, 0.25) is 0 Å². The molecule has 1 atom stereocenters. The van der Waals surface area contributed by atoms with E-state index in [1.165, 1.54) is 6.07 Å². The SMILES string of the molecule is COCCCOCCOC(CN)c1ccccc1F. The molecular formula is C14H22FNO3. The molecule has 108 valence electrons. The molecule has 5 heteroatoms. The Kier molecular flexibility index (Phi) is 8.33. The van der Waals surface area contributed by atoms with E-state index in [9.17, 15) is 4.39 Å². The molecule has 0 saturated heterocycles. The molecule has 0 saturated carbocycles. The molecule has 0 radical (unpaired) electrons. The largest absolute Gasteiger partial charge is 0.385 e. The molecule has 1 aromatic carbocycles. The fourth-order valence-electron chi connectivity index (χ4n) is 1.68. The summed E-state index contributed by atoms with van der Waals surface area (Å²) in [6, 6.07) is 6.51. The van der Waals surface area contributed by atoms with Crippen molar-refractivity contribution in [3.63, 3.8) is 0 Å². The van der Waals surface area contributed by atoms with Crippen LogP contribution in [0.1, 0.15) is 18.1 Å². The van der Waals surface area contributed by atoms with Gasteiger partial charge in [-0.25, -0.2) is 4.39 Å². The number of ether oxygens (including phenoxy) is 3. The molecular weight excluding hydrogens is 249 g/mol. The summed E-state index contributed by atoms with van der Waals surface area (Å²) in [5.41, 5.74) is 6.10. The third-order valence-corrected chi connectivity index (χ3v) is 2.65. The van der Waals surface area contributed by atoms with Gasteiger partial charge in [0.05, 0.1) is 19.3 Å². The molecule has 0 spiro atoms. The molecule has 0 aliphatic carbocycles. The maximum Gasteiger partial charge on any atom is 0.129 e. The minimum atomic E-state index is -0.427. The first-order valence-electron chi connectivity index (χ1n) is 6.42. The van der Waals surface area contributed by atoms with Crippen LogP contribution in [0.5, 0.6) is 0 Å². The summed E-state index contributed by atoms with van der Waals surface area (Å²) in [5.74, 6) is -0.293. The molecule has 0 aliphatic rings. The third kappa shape index (κ3) is 6.11. The summed E-state index contributed by atoms with van der Waals surface area (Å²) in [6.45, 7) is 2.41. The van der Waals surface area contributed by atoms with Crippen molar-refractivity contribution in [1.82, 2.24) is 0 Å². The fraction of sp³-hybridized carbons (Fsp3) is 0.571. The molecule has 19 heavy (non-hydrogen) atoms. The van der Waals surface area contributed by atoms with E-state index in [0.717, 1.165) is 6.42 Å². The second-order valence-electron chi connectivity index (χ2n) is 4.08. The lowest BCUT2D eigenvalue weighted by molar-refractivity contribution is 0.00266. The van der Waals surface area contributed by atoms with Gasteiger partial charge in [-0.3, -0.25) is 0 Å². The van der Waals surface area contributed by atoms with E-state index in [0.29, 0.717) is 32.0 Å². The van der Waals surface area contributed by atoms with Crippen molar-refractivity contribution in [2.75, 3.05) is 40.1 Å². The van der Waals surface area contributed by atoms with Crippen molar-refractivity contribution in [3.05, 3.63) is 35.6 Å². The topological polar surface area (TPSA) is 53.7 Å². The highest BCUT2D eigenvalue weighted by Gasteiger charge is 2.13. The van der Waals surface area contributed by atoms with Gasteiger partial charge in [0.2, 0.25) is 0 Å². The van der Waals surface area contributed by atoms with Crippen LogP contribution < -0.4 is 5.73 Å². The summed E-state index contributed by atoms with van der Waals surface area (Å²) in [5, 5.41) is 0. The second kappa shape index (κ2) is 9.86. The quantitative estimate of drug-likeness (QED) is 0.660. The summed E-state index contributed by atoms with van der Waals surface area (Å²) < 4.78 is 29.4. The Labute approximate surface area is 113 Å². The van der Waals surface area contributed by atoms with E-state index in [-0.39, 0.29) is 12.4 Å². The maximum absolute atomic E-state index is 13.6. The Morgan fingerprint density at radius 2 is 1.95 bits per heavy atom. The van der Waals surface area contributed by atoms with Gasteiger partial charge in [0.15, 0.2) is 0 Å². The van der Waals surface area contributed by atoms with E-state index in [4.69, 9.17) is 19.9 Å². The molecule has 0 heterocycles. The highest BCUT2D eigenvalue weighted by Crippen LogP contribution is 2.19. The summed E-state index contributed by atoms with van der Waals surface area (Å²) >= 11 is 0. The van der Waals surface area contributed by atoms with Crippen LogP contribution in [0.3, 0.4) is 0 Å². The van der Waals surface area contributed by atoms with Crippen LogP contribution in [-0.2, 0) is 14.2 Å². The minimum Gasteiger partial charge on any atom is -0.385 e. The van der Waals surface area contributed by atoms with Gasteiger partial charge in [-0.15, -0.1) is 0 Å². The Morgan fingerprint density at radius 1 is 1.16 bits per heavy atom. The Hall–Kier alpha value is -1.01. The number of halogens is 1. The number of benzene rings is 1. The van der Waals surface area contributed by atoms with Crippen LogP contribution in [0.25, 0.3) is 0 Å². The molecule has 1 aromatic rings. The monoisotopic (exact) mass is 271 g/mol. The van der Waals surface area contributed by atoms with Gasteiger partial charge in [0.25, 0.3) is 0 Å². The lowest BCUT2D eigenvalue weighted by Gasteiger charge is -2.17. The van der Waals surface area contributed by atoms with Crippen molar-refractivity contribution < 1.29 is 18.6 Å². The minimum absolute atomic E-state index is 0.241. The summed E-state index contributed by atoms with van der Waals surface area (Å²) in [7, 11) is 1.66. The maximum atomic E-state index is 13.6. The van der Waals surface area contributed by atoms with Crippen LogP contribution >= 0.6 is 0 Å². The second-order valence-corrected chi connectivity index (χ2v) is 4.08. The number of methoxy groups -OCH3 is 1. The van der Waals surface area contributed by atoms with Gasteiger partial charge in [-0.1, -0.05) is 18.2 Å². The normalized spacial score (nSPS) is 12.6. The number of hydrogen-bond acceptors (Lipinski definition) is 4. The first-order valence-corrected chi connectivity index (χ1v) is 6.42. The predicted molar refractivity (Wildman–Crippen MR) is 71.5 cm³/mol. The zero-order valence-electron chi connectivity index (χ0n) is 11.3. The first kappa shape index (κ1) is 16.0. The first-order chi connectivity index (χ1) is 9.29. The summed E-state index contributed by atoms with van der Waals surface area (Å²) in [4.78, 5) is 0. The fourth-order valence-corrected chi connectivity index (χ4v) is 1.68. The Balaban J connectivity index is 2.24. The van der Waals surface area contributed by atoms with Crippen molar-refractivity contribution in [2.24, 2.45) is 5.73 Å². The lowest BCUT2D eigenvalue weighted by atomic mass is 10.1. The Morgan fingerprint density at radius 3 is 2.63 bits per heavy atom. The van der Waals surface area contributed by atoms with Crippen LogP contribution in [0.4, 0.5) is 4.39 Å². The molecule has 1 unspecified atom stereocenters. The number of hydrogen-bond donors (Lipinski definition) is 1. The highest BCUT2D eigenvalue weighted by molar-refractivity contribution is 5.20. The number of nitrogens with two attached hydrogens (primary N) is 1. The third-order valence-electron chi connectivity index (χ3n) is 2.65. The molecule has 4 nitrogen and oxygen atoms in total. The van der Waals surface area contributed by atoms with Crippen molar-refractivity contribution in [3.8, 4) is 0 Å². The molecule has 0 aliphatic heterocycles. The summed E-state index contributed by atoms with van der Waals surface area (Å²) in [6.07, 6.45) is 0.424. The van der Waals surface area contributed by atoms with E-state index >= 15 is 0 Å². The average molecular weight is 271 g/mol. The Bertz CT molecular complexity index is 349. The molecule has 0 bridgehead atoms. The van der Waals surface area contributed by atoms with Gasteiger partial charge < -0.3 is 19.9 Å². The van der Waals surface area contributed by atoms with Gasteiger partial charge in [0.1, 0.15) is 5.82 Å². The van der Waals surface area contributed by atoms with E-state index in [1.54, 1.807) is 25.3 Å². The van der Waals surface area contributed by atoms with Crippen LogP contribution in [-0.4, -0.2) is 40.1 Å². The molecule has 1 rings (SSSR count). The highest BCUT2D eigenvalue weighted by atomic mass is 19.1. The predicted octanol–water partition coefficient (Wildman–Crippen LogP) is 1.90. The smallest absolute Gasteiger partial charge is 0.129 e. The van der Waals surface area contributed by atoms with Gasteiger partial charge in [0, 0.05) is 32.4 Å². The zero-order chi connectivity index (χ0) is 13.9. The standard InChI is InChI=1S/C14H22FNO3/c1-17-7-4-8-18-9-10-19-14(11-16)12-5-2-3-6-13(12)15/h2-3,5-6,14H,4,7-11,16H2,1H3. The average Bonchev–Trinajstić information content (AvgIpc) is 2.43. The van der Waals surface area contributed by atoms with Gasteiger partial charge >= 0.3 is 0 Å². The van der Waals surface area contributed by atoms with Crippen LogP contribution in [0, 0.1) is 5.82 Å². The molecule has 0 amide bonds. The van der Waals surface area contributed by atoms with Crippen molar-refractivity contribution in [2.45, 2.75) is 12.5 Å². The molecule has 2 N–H and O–H groups in total. The van der Waals surface area contributed by atoms with E-state index in [2.05, 4.69) is 0 Å². The molecule has 0 fully saturated rings. The van der Waals surface area contributed by atoms with Crippen molar-refractivity contribution in [1.29, 1.82) is 0 Å². The van der Waals surface area contributed by atoms with Gasteiger partial charge in [-0.2, -0.15) is 0 Å². The van der Waals surface area contributed by atoms with Gasteiger partial charge in [-0.05, 0) is 12.5 Å². The number of rotatable bonds is 10. The molecule has 0 aromatic heterocycles. The van der Waals surface area contributed by atoms with E-state index < -0.39 is 6.10 Å². The van der Waals surface area contributed by atoms with E-state index in [1.807, 2.05) is 0 Å².